The summed E-state index contributed by atoms with van der Waals surface area (Å²) in [6, 6.07) is 0. The van der Waals surface area contributed by atoms with Gasteiger partial charge in [-0.1, -0.05) is 13.8 Å². The zero-order valence-electron chi connectivity index (χ0n) is 9.91. The molecule has 0 aromatic heterocycles. The summed E-state index contributed by atoms with van der Waals surface area (Å²) in [6.45, 7) is 1.63. The molecule has 1 aliphatic carbocycles. The van der Waals surface area contributed by atoms with Crippen molar-refractivity contribution in [3.05, 3.63) is 0 Å². The fourth-order valence-corrected chi connectivity index (χ4v) is 1.60. The lowest BCUT2D eigenvalue weighted by molar-refractivity contribution is -0.556. The number of rotatable bonds is 6. The molecule has 0 saturated heterocycles. The average molecular weight is 280 g/mol. The van der Waals surface area contributed by atoms with E-state index in [1.807, 2.05) is 0 Å². The van der Waals surface area contributed by atoms with Crippen LogP contribution in [0.2, 0.25) is 0 Å². The summed E-state index contributed by atoms with van der Waals surface area (Å²) in [4.78, 5) is 0. The monoisotopic (exact) mass is 280 g/mol. The van der Waals surface area contributed by atoms with E-state index in [9.17, 15) is 26.3 Å². The van der Waals surface area contributed by atoms with Gasteiger partial charge in [0.05, 0.1) is 13.2 Å². The molecule has 1 fully saturated rings. The highest BCUT2D eigenvalue weighted by atomic mass is 19.3. The molecular formula is C10H14F6O2. The Bertz CT molecular complexity index is 281. The minimum atomic E-state index is -5.27. The van der Waals surface area contributed by atoms with E-state index in [1.165, 1.54) is 13.8 Å². The lowest BCUT2D eigenvalue weighted by atomic mass is 9.76. The first-order valence-corrected chi connectivity index (χ1v) is 5.53. The quantitative estimate of drug-likeness (QED) is 0.694. The number of hydrogen-bond donors (Lipinski definition) is 0. The second-order valence-corrected chi connectivity index (χ2v) is 4.04. The van der Waals surface area contributed by atoms with Crippen LogP contribution in [0.25, 0.3) is 0 Å². The third kappa shape index (κ3) is 1.57. The summed E-state index contributed by atoms with van der Waals surface area (Å²) in [5.41, 5.74) is 0. The van der Waals surface area contributed by atoms with Crippen LogP contribution in [0.15, 0.2) is 0 Å². The van der Waals surface area contributed by atoms with Gasteiger partial charge < -0.3 is 9.47 Å². The molecule has 0 aliphatic heterocycles. The first-order chi connectivity index (χ1) is 8.12. The zero-order chi connectivity index (χ0) is 14.2. The van der Waals surface area contributed by atoms with Crippen molar-refractivity contribution in [2.24, 2.45) is 0 Å². The number of alkyl halides is 6. The van der Waals surface area contributed by atoms with Crippen LogP contribution in [0.5, 0.6) is 0 Å². The van der Waals surface area contributed by atoms with Crippen molar-refractivity contribution in [1.29, 1.82) is 0 Å². The Balaban J connectivity index is 3.04. The molecule has 1 aliphatic rings. The zero-order valence-corrected chi connectivity index (χ0v) is 9.91. The lowest BCUT2D eigenvalue weighted by Crippen LogP contribution is -2.87. The Morgan fingerprint density at radius 1 is 0.667 bits per heavy atom. The van der Waals surface area contributed by atoms with Gasteiger partial charge in [0.1, 0.15) is 0 Å². The van der Waals surface area contributed by atoms with Crippen LogP contribution < -0.4 is 0 Å². The van der Waals surface area contributed by atoms with Crippen molar-refractivity contribution in [3.63, 3.8) is 0 Å². The lowest BCUT2D eigenvalue weighted by Gasteiger charge is -2.56. The maximum absolute atomic E-state index is 13.8. The SMILES string of the molecule is CCCOC1(F)C(F)(F)C(F)(F)C1(F)OCCC. The summed E-state index contributed by atoms with van der Waals surface area (Å²) in [6.07, 6.45) is 0.133. The Morgan fingerprint density at radius 3 is 1.17 bits per heavy atom. The molecule has 0 radical (unpaired) electrons. The van der Waals surface area contributed by atoms with Crippen molar-refractivity contribution in [3.8, 4) is 0 Å². The van der Waals surface area contributed by atoms with Crippen LogP contribution in [0, 0.1) is 0 Å². The third-order valence-corrected chi connectivity index (χ3v) is 2.63. The van der Waals surface area contributed by atoms with Crippen LogP contribution in [-0.4, -0.2) is 36.8 Å². The van der Waals surface area contributed by atoms with Gasteiger partial charge >= 0.3 is 23.6 Å². The molecule has 2 unspecified atom stereocenters. The minimum absolute atomic E-state index is 0.0666. The Hall–Kier alpha value is -0.500. The molecule has 108 valence electrons. The molecule has 0 aromatic carbocycles. The van der Waals surface area contributed by atoms with Gasteiger partial charge in [-0.25, -0.2) is 0 Å². The van der Waals surface area contributed by atoms with Gasteiger partial charge in [-0.2, -0.15) is 26.3 Å². The molecule has 1 saturated carbocycles. The molecule has 1 rings (SSSR count). The second kappa shape index (κ2) is 4.56. The first-order valence-electron chi connectivity index (χ1n) is 5.53. The van der Waals surface area contributed by atoms with Crippen molar-refractivity contribution < 1.29 is 35.8 Å². The van der Waals surface area contributed by atoms with Crippen LogP contribution in [0.4, 0.5) is 26.3 Å². The summed E-state index contributed by atoms with van der Waals surface area (Å²) < 4.78 is 87.7. The van der Waals surface area contributed by atoms with E-state index in [0.29, 0.717) is 0 Å². The molecule has 0 spiro atoms. The van der Waals surface area contributed by atoms with Crippen molar-refractivity contribution >= 4 is 0 Å². The third-order valence-electron chi connectivity index (χ3n) is 2.63. The highest BCUT2D eigenvalue weighted by Gasteiger charge is 3.01. The maximum atomic E-state index is 13.8. The Labute approximate surface area is 100 Å². The largest absolute Gasteiger partial charge is 0.379 e. The summed E-state index contributed by atoms with van der Waals surface area (Å²) in [7, 11) is 0. The van der Waals surface area contributed by atoms with Gasteiger partial charge in [0.15, 0.2) is 0 Å². The molecule has 8 heteroatoms. The Kier molecular flexibility index (Phi) is 3.94. The van der Waals surface area contributed by atoms with Crippen LogP contribution in [-0.2, 0) is 9.47 Å². The van der Waals surface area contributed by atoms with Gasteiger partial charge in [-0.05, 0) is 12.8 Å². The summed E-state index contributed by atoms with van der Waals surface area (Å²) in [5, 5.41) is 0. The fourth-order valence-electron chi connectivity index (χ4n) is 1.60. The second-order valence-electron chi connectivity index (χ2n) is 4.04. The molecule has 0 heterocycles. The average Bonchev–Trinajstić information content (AvgIpc) is 2.31. The molecule has 0 bridgehead atoms. The van der Waals surface area contributed by atoms with Gasteiger partial charge in [0.2, 0.25) is 0 Å². The standard InChI is InChI=1S/C10H14F6O2/c1-3-5-17-9(15)7(11,12)8(13,14)10(9,16)18-6-4-2/h3-6H2,1-2H3. The molecular weight excluding hydrogens is 266 g/mol. The molecule has 0 N–H and O–H groups in total. The predicted octanol–water partition coefficient (Wildman–Crippen LogP) is 3.46. The maximum Gasteiger partial charge on any atom is 0.379 e. The van der Waals surface area contributed by atoms with E-state index in [1.54, 1.807) is 0 Å². The summed E-state index contributed by atoms with van der Waals surface area (Å²) >= 11 is 0. The highest BCUT2D eigenvalue weighted by molar-refractivity contribution is 5.24. The molecule has 0 aromatic rings. The van der Waals surface area contributed by atoms with Gasteiger partial charge in [0, 0.05) is 0 Å². The molecule has 18 heavy (non-hydrogen) atoms. The first kappa shape index (κ1) is 15.6. The predicted molar refractivity (Wildman–Crippen MR) is 50.1 cm³/mol. The van der Waals surface area contributed by atoms with E-state index in [2.05, 4.69) is 9.47 Å². The fraction of sp³-hybridized carbons (Fsp3) is 1.00. The van der Waals surface area contributed by atoms with Crippen LogP contribution in [0.3, 0.4) is 0 Å². The number of hydrogen-bond acceptors (Lipinski definition) is 2. The highest BCUT2D eigenvalue weighted by Crippen LogP contribution is 2.68. The van der Waals surface area contributed by atoms with Crippen LogP contribution in [0.1, 0.15) is 26.7 Å². The molecule has 2 atom stereocenters. The van der Waals surface area contributed by atoms with E-state index in [-0.39, 0.29) is 12.8 Å². The van der Waals surface area contributed by atoms with E-state index < -0.39 is 36.8 Å². The van der Waals surface area contributed by atoms with E-state index in [4.69, 9.17) is 0 Å². The Morgan fingerprint density at radius 2 is 0.944 bits per heavy atom. The smallest absolute Gasteiger partial charge is 0.336 e. The van der Waals surface area contributed by atoms with Crippen LogP contribution >= 0.6 is 0 Å². The van der Waals surface area contributed by atoms with E-state index in [0.717, 1.165) is 0 Å². The summed E-state index contributed by atoms with van der Waals surface area (Å²) in [5.74, 6) is -19.5. The topological polar surface area (TPSA) is 18.5 Å². The molecule has 0 amide bonds. The van der Waals surface area contributed by atoms with Gasteiger partial charge in [-0.3, -0.25) is 0 Å². The van der Waals surface area contributed by atoms with Crippen molar-refractivity contribution in [2.75, 3.05) is 13.2 Å². The van der Waals surface area contributed by atoms with Crippen molar-refractivity contribution in [2.45, 2.75) is 50.2 Å². The van der Waals surface area contributed by atoms with Gasteiger partial charge in [0.25, 0.3) is 0 Å². The molecule has 2 nitrogen and oxygen atoms in total. The number of halogens is 6. The van der Waals surface area contributed by atoms with Crippen molar-refractivity contribution in [1.82, 2.24) is 0 Å². The van der Waals surface area contributed by atoms with E-state index >= 15 is 0 Å². The van der Waals surface area contributed by atoms with Gasteiger partial charge in [-0.15, -0.1) is 0 Å². The minimum Gasteiger partial charge on any atom is -0.336 e. The number of ether oxygens (including phenoxy) is 2. The normalized spacial score (nSPS) is 37.3.